The molecule has 0 unspecified atom stereocenters. The van der Waals surface area contributed by atoms with Crippen LogP contribution in [0.1, 0.15) is 5.56 Å². The smallest absolute Gasteiger partial charge is 0.255 e. The first-order chi connectivity index (χ1) is 7.00. The fourth-order valence-electron chi connectivity index (χ4n) is 1.10. The second kappa shape index (κ2) is 4.68. The predicted molar refractivity (Wildman–Crippen MR) is 54.5 cm³/mol. The SMILES string of the molecule is CN(CC(F)F)c1cc(C(=N)N)ccn1. The van der Waals surface area contributed by atoms with Crippen molar-refractivity contribution in [1.82, 2.24) is 4.98 Å². The predicted octanol–water partition coefficient (Wildman–Crippen LogP) is 1.07. The average molecular weight is 214 g/mol. The van der Waals surface area contributed by atoms with Crippen molar-refractivity contribution in [2.75, 3.05) is 18.5 Å². The highest BCUT2D eigenvalue weighted by Gasteiger charge is 2.10. The number of rotatable bonds is 4. The maximum absolute atomic E-state index is 12.1. The minimum Gasteiger partial charge on any atom is -0.384 e. The van der Waals surface area contributed by atoms with Crippen LogP contribution in [0.3, 0.4) is 0 Å². The van der Waals surface area contributed by atoms with Crippen molar-refractivity contribution in [3.8, 4) is 0 Å². The third-order valence-electron chi connectivity index (χ3n) is 1.86. The van der Waals surface area contributed by atoms with Gasteiger partial charge in [-0.05, 0) is 12.1 Å². The first-order valence-electron chi connectivity index (χ1n) is 4.30. The molecule has 0 amide bonds. The van der Waals surface area contributed by atoms with E-state index in [4.69, 9.17) is 11.1 Å². The molecule has 1 aromatic rings. The van der Waals surface area contributed by atoms with E-state index in [1.54, 1.807) is 6.07 Å². The van der Waals surface area contributed by atoms with Crippen molar-refractivity contribution in [2.45, 2.75) is 6.43 Å². The number of nitrogens with two attached hydrogens (primary N) is 1. The molecule has 0 saturated carbocycles. The van der Waals surface area contributed by atoms with Gasteiger partial charge in [-0.15, -0.1) is 0 Å². The number of nitrogen functional groups attached to an aromatic ring is 1. The number of hydrogen-bond donors (Lipinski definition) is 2. The summed E-state index contributed by atoms with van der Waals surface area (Å²) in [6.07, 6.45) is -0.980. The zero-order chi connectivity index (χ0) is 11.4. The third-order valence-corrected chi connectivity index (χ3v) is 1.86. The molecule has 0 aliphatic heterocycles. The second-order valence-corrected chi connectivity index (χ2v) is 3.09. The van der Waals surface area contributed by atoms with E-state index >= 15 is 0 Å². The number of nitrogens with zero attached hydrogens (tertiary/aromatic N) is 2. The molecule has 0 atom stereocenters. The highest BCUT2D eigenvalue weighted by molar-refractivity contribution is 5.95. The Morgan fingerprint density at radius 3 is 2.87 bits per heavy atom. The first-order valence-corrected chi connectivity index (χ1v) is 4.30. The van der Waals surface area contributed by atoms with Crippen molar-refractivity contribution < 1.29 is 8.78 Å². The van der Waals surface area contributed by atoms with Crippen molar-refractivity contribution >= 4 is 11.7 Å². The number of halogens is 2. The van der Waals surface area contributed by atoms with Gasteiger partial charge in [0.2, 0.25) is 0 Å². The van der Waals surface area contributed by atoms with Crippen LogP contribution in [-0.4, -0.2) is 30.8 Å². The van der Waals surface area contributed by atoms with Crippen molar-refractivity contribution in [1.29, 1.82) is 5.41 Å². The summed E-state index contributed by atoms with van der Waals surface area (Å²) in [5.41, 5.74) is 5.75. The normalized spacial score (nSPS) is 10.4. The molecule has 6 heteroatoms. The molecule has 0 radical (unpaired) electrons. The summed E-state index contributed by atoms with van der Waals surface area (Å²) in [5, 5.41) is 7.20. The van der Waals surface area contributed by atoms with Crippen LogP contribution in [0.5, 0.6) is 0 Å². The van der Waals surface area contributed by atoms with E-state index in [1.807, 2.05) is 0 Å². The Morgan fingerprint density at radius 1 is 1.67 bits per heavy atom. The zero-order valence-electron chi connectivity index (χ0n) is 8.24. The maximum atomic E-state index is 12.1. The van der Waals surface area contributed by atoms with Gasteiger partial charge in [0.15, 0.2) is 0 Å². The van der Waals surface area contributed by atoms with E-state index in [2.05, 4.69) is 4.98 Å². The lowest BCUT2D eigenvalue weighted by Gasteiger charge is -2.17. The van der Waals surface area contributed by atoms with Gasteiger partial charge in [0.05, 0.1) is 6.54 Å². The Labute approximate surface area is 86.2 Å². The van der Waals surface area contributed by atoms with Crippen LogP contribution in [0.15, 0.2) is 18.3 Å². The number of amidine groups is 1. The lowest BCUT2D eigenvalue weighted by atomic mass is 10.2. The molecule has 1 rings (SSSR count). The molecular weight excluding hydrogens is 202 g/mol. The standard InChI is InChI=1S/C9H12F2N4/c1-15(5-7(10)11)8-4-6(9(12)13)2-3-14-8/h2-4,7H,5H2,1H3,(H3,12,13). The van der Waals surface area contributed by atoms with Gasteiger partial charge in [0.25, 0.3) is 6.43 Å². The molecule has 1 heterocycles. The molecule has 82 valence electrons. The molecule has 0 aliphatic carbocycles. The monoisotopic (exact) mass is 214 g/mol. The number of hydrogen-bond acceptors (Lipinski definition) is 3. The highest BCUT2D eigenvalue weighted by atomic mass is 19.3. The van der Waals surface area contributed by atoms with Gasteiger partial charge >= 0.3 is 0 Å². The fourth-order valence-corrected chi connectivity index (χ4v) is 1.10. The molecule has 0 saturated heterocycles. The molecular formula is C9H12F2N4. The van der Waals surface area contributed by atoms with Gasteiger partial charge in [0, 0.05) is 18.8 Å². The zero-order valence-corrected chi connectivity index (χ0v) is 8.24. The van der Waals surface area contributed by atoms with Crippen LogP contribution in [0.2, 0.25) is 0 Å². The van der Waals surface area contributed by atoms with E-state index in [0.29, 0.717) is 11.4 Å². The average Bonchev–Trinajstić information content (AvgIpc) is 2.17. The summed E-state index contributed by atoms with van der Waals surface area (Å²) in [4.78, 5) is 5.23. The fraction of sp³-hybridized carbons (Fsp3) is 0.333. The summed E-state index contributed by atoms with van der Waals surface area (Å²) >= 11 is 0. The minimum absolute atomic E-state index is 0.107. The van der Waals surface area contributed by atoms with Gasteiger partial charge in [-0.25, -0.2) is 13.8 Å². The van der Waals surface area contributed by atoms with Crippen molar-refractivity contribution in [3.63, 3.8) is 0 Å². The lowest BCUT2D eigenvalue weighted by Crippen LogP contribution is -2.25. The number of aromatic nitrogens is 1. The van der Waals surface area contributed by atoms with Crippen molar-refractivity contribution in [3.05, 3.63) is 23.9 Å². The van der Waals surface area contributed by atoms with Crippen molar-refractivity contribution in [2.24, 2.45) is 5.73 Å². The summed E-state index contributed by atoms with van der Waals surface area (Å²) in [7, 11) is 1.51. The highest BCUT2D eigenvalue weighted by Crippen LogP contribution is 2.11. The summed E-state index contributed by atoms with van der Waals surface area (Å²) < 4.78 is 24.2. The van der Waals surface area contributed by atoms with Gasteiger partial charge in [0.1, 0.15) is 11.7 Å². The number of pyridine rings is 1. The van der Waals surface area contributed by atoms with Crippen LogP contribution in [0.25, 0.3) is 0 Å². The van der Waals surface area contributed by atoms with E-state index in [9.17, 15) is 8.78 Å². The molecule has 3 N–H and O–H groups in total. The quantitative estimate of drug-likeness (QED) is 0.582. The van der Waals surface area contributed by atoms with E-state index in [0.717, 1.165) is 0 Å². The Morgan fingerprint density at radius 2 is 2.33 bits per heavy atom. The van der Waals surface area contributed by atoms with E-state index < -0.39 is 13.0 Å². The topological polar surface area (TPSA) is 66.0 Å². The summed E-state index contributed by atoms with van der Waals surface area (Å²) in [6.45, 7) is -0.394. The largest absolute Gasteiger partial charge is 0.384 e. The van der Waals surface area contributed by atoms with Crippen LogP contribution in [0.4, 0.5) is 14.6 Å². The molecule has 0 aliphatic rings. The minimum atomic E-state index is -2.42. The molecule has 1 aromatic heterocycles. The molecule has 0 fully saturated rings. The summed E-state index contributed by atoms with van der Waals surface area (Å²) in [6, 6.07) is 3.06. The summed E-state index contributed by atoms with van der Waals surface area (Å²) in [5.74, 6) is 0.270. The number of anilines is 1. The number of alkyl halides is 2. The van der Waals surface area contributed by atoms with Gasteiger partial charge in [-0.2, -0.15) is 0 Å². The van der Waals surface area contributed by atoms with Crippen LogP contribution in [0, 0.1) is 5.41 Å². The van der Waals surface area contributed by atoms with E-state index in [1.165, 1.54) is 24.2 Å². The lowest BCUT2D eigenvalue weighted by molar-refractivity contribution is 0.156. The molecule has 4 nitrogen and oxygen atoms in total. The third kappa shape index (κ3) is 3.16. The molecule has 0 spiro atoms. The molecule has 0 bridgehead atoms. The van der Waals surface area contributed by atoms with Gasteiger partial charge in [-0.1, -0.05) is 0 Å². The molecule has 15 heavy (non-hydrogen) atoms. The Balaban J connectivity index is 2.85. The number of nitrogens with one attached hydrogen (secondary N) is 1. The van der Waals surface area contributed by atoms with Gasteiger partial charge in [-0.3, -0.25) is 5.41 Å². The molecule has 0 aromatic carbocycles. The Bertz CT molecular complexity index is 354. The maximum Gasteiger partial charge on any atom is 0.255 e. The first kappa shape index (κ1) is 11.4. The van der Waals surface area contributed by atoms with Crippen LogP contribution < -0.4 is 10.6 Å². The Hall–Kier alpha value is -1.72. The van der Waals surface area contributed by atoms with Crippen LogP contribution in [-0.2, 0) is 0 Å². The Kier molecular flexibility index (Phi) is 3.54. The van der Waals surface area contributed by atoms with Crippen LogP contribution >= 0.6 is 0 Å². The van der Waals surface area contributed by atoms with Gasteiger partial charge < -0.3 is 10.6 Å². The second-order valence-electron chi connectivity index (χ2n) is 3.09. The van der Waals surface area contributed by atoms with E-state index in [-0.39, 0.29) is 5.84 Å².